The van der Waals surface area contributed by atoms with Gasteiger partial charge >= 0.3 is 12.4 Å². The minimum Gasteiger partial charge on any atom is -0.340 e. The average Bonchev–Trinajstić information content (AvgIpc) is 3.22. The van der Waals surface area contributed by atoms with Gasteiger partial charge in [-0.25, -0.2) is 9.97 Å². The standard InChI is InChI=1S/C34H31F6N5/c1-4-22-12-14-25(15-17-27(22)33(35,36)37)42-32-26-16-13-24(31-28(34(38,39)40)11-8-18-41-31)19-29(26)43-30(44-32)20-45(3)21(2)23-9-6-5-7-10-23/h5-11,13-19,21H,4,12,20H2,1-3H3,(H,42,43,44). The Balaban J connectivity index is 1.57. The first-order valence-electron chi connectivity index (χ1n) is 14.4. The molecule has 2 aromatic carbocycles. The SMILES string of the molecule is CCC1=C(C(F)(F)F)C=CC(Nc2nc(CN(C)C(C)c3ccccc3)nc3cc(-c4ncccc4C(F)(F)F)ccc23)=CC1. The fourth-order valence-corrected chi connectivity index (χ4v) is 5.26. The van der Waals surface area contributed by atoms with Crippen LogP contribution in [0.1, 0.15) is 49.7 Å². The van der Waals surface area contributed by atoms with Crippen molar-refractivity contribution in [3.8, 4) is 11.3 Å². The molecule has 11 heteroatoms. The lowest BCUT2D eigenvalue weighted by Crippen LogP contribution is -2.23. The quantitative estimate of drug-likeness (QED) is 0.198. The van der Waals surface area contributed by atoms with Gasteiger partial charge in [0.25, 0.3) is 0 Å². The molecule has 0 saturated heterocycles. The maximum absolute atomic E-state index is 13.8. The maximum atomic E-state index is 13.8. The molecule has 1 unspecified atom stereocenters. The molecule has 45 heavy (non-hydrogen) atoms. The Labute approximate surface area is 257 Å². The zero-order valence-electron chi connectivity index (χ0n) is 24.8. The van der Waals surface area contributed by atoms with Crippen molar-refractivity contribution < 1.29 is 26.3 Å². The van der Waals surface area contributed by atoms with Gasteiger partial charge in [0.2, 0.25) is 0 Å². The van der Waals surface area contributed by atoms with E-state index in [0.717, 1.165) is 17.7 Å². The number of nitrogens with zero attached hydrogens (tertiary/aromatic N) is 4. The predicted octanol–water partition coefficient (Wildman–Crippen LogP) is 9.43. The monoisotopic (exact) mass is 623 g/mol. The lowest BCUT2D eigenvalue weighted by atomic mass is 10.0. The fraction of sp³-hybridized carbons (Fsp3) is 0.265. The van der Waals surface area contributed by atoms with Crippen molar-refractivity contribution >= 4 is 16.7 Å². The number of pyridine rings is 1. The Morgan fingerprint density at radius 3 is 2.36 bits per heavy atom. The second kappa shape index (κ2) is 12.8. The Morgan fingerprint density at radius 1 is 0.911 bits per heavy atom. The summed E-state index contributed by atoms with van der Waals surface area (Å²) in [6.07, 6.45) is -3.38. The summed E-state index contributed by atoms with van der Waals surface area (Å²) in [6.45, 7) is 4.00. The van der Waals surface area contributed by atoms with Crippen molar-refractivity contribution in [2.75, 3.05) is 12.4 Å². The highest BCUT2D eigenvalue weighted by Gasteiger charge is 2.35. The van der Waals surface area contributed by atoms with E-state index in [-0.39, 0.29) is 42.3 Å². The Bertz CT molecular complexity index is 1770. The lowest BCUT2D eigenvalue weighted by Gasteiger charge is -2.24. The number of hydrogen-bond acceptors (Lipinski definition) is 5. The molecule has 1 N–H and O–H groups in total. The largest absolute Gasteiger partial charge is 0.418 e. The van der Waals surface area contributed by atoms with E-state index in [2.05, 4.69) is 10.3 Å². The second-order valence-electron chi connectivity index (χ2n) is 10.8. The number of aromatic nitrogens is 3. The molecule has 0 saturated carbocycles. The normalized spacial score (nSPS) is 14.9. The Kier molecular flexibility index (Phi) is 9.11. The summed E-state index contributed by atoms with van der Waals surface area (Å²) in [4.78, 5) is 15.5. The van der Waals surface area contributed by atoms with Crippen LogP contribution in [-0.4, -0.2) is 33.1 Å². The van der Waals surface area contributed by atoms with Crippen LogP contribution >= 0.6 is 0 Å². The summed E-state index contributed by atoms with van der Waals surface area (Å²) >= 11 is 0. The van der Waals surface area contributed by atoms with Crippen LogP contribution in [0.3, 0.4) is 0 Å². The van der Waals surface area contributed by atoms with E-state index in [4.69, 9.17) is 9.97 Å². The van der Waals surface area contributed by atoms with Crippen LogP contribution in [0.25, 0.3) is 22.2 Å². The zero-order chi connectivity index (χ0) is 32.4. The minimum atomic E-state index is -4.61. The van der Waals surface area contributed by atoms with E-state index < -0.39 is 23.5 Å². The molecular weight excluding hydrogens is 592 g/mol. The third-order valence-electron chi connectivity index (χ3n) is 7.84. The molecule has 1 aliphatic carbocycles. The number of fused-ring (bicyclic) bond motifs is 1. The molecule has 1 atom stereocenters. The number of hydrogen-bond donors (Lipinski definition) is 1. The van der Waals surface area contributed by atoms with Crippen LogP contribution in [0.5, 0.6) is 0 Å². The third-order valence-corrected chi connectivity index (χ3v) is 7.84. The van der Waals surface area contributed by atoms with Crippen LogP contribution in [0.2, 0.25) is 0 Å². The molecule has 0 fully saturated rings. The molecule has 5 rings (SSSR count). The van der Waals surface area contributed by atoms with Gasteiger partial charge in [0.1, 0.15) is 11.6 Å². The van der Waals surface area contributed by atoms with E-state index in [1.54, 1.807) is 19.1 Å². The van der Waals surface area contributed by atoms with Crippen LogP contribution in [0.4, 0.5) is 32.2 Å². The van der Waals surface area contributed by atoms with Gasteiger partial charge in [-0.3, -0.25) is 9.88 Å². The second-order valence-corrected chi connectivity index (χ2v) is 10.8. The topological polar surface area (TPSA) is 53.9 Å². The third kappa shape index (κ3) is 7.25. The van der Waals surface area contributed by atoms with Crippen LogP contribution in [-0.2, 0) is 12.7 Å². The smallest absolute Gasteiger partial charge is 0.340 e. The van der Waals surface area contributed by atoms with Gasteiger partial charge in [-0.2, -0.15) is 26.3 Å². The molecule has 0 radical (unpaired) electrons. The van der Waals surface area contributed by atoms with E-state index in [1.807, 2.05) is 49.2 Å². The van der Waals surface area contributed by atoms with Gasteiger partial charge in [0, 0.05) is 28.9 Å². The predicted molar refractivity (Wildman–Crippen MR) is 163 cm³/mol. The first-order valence-corrected chi connectivity index (χ1v) is 14.4. The molecule has 2 heterocycles. The average molecular weight is 624 g/mol. The van der Waals surface area contributed by atoms with E-state index in [0.29, 0.717) is 28.2 Å². The van der Waals surface area contributed by atoms with Crippen molar-refractivity contribution in [3.63, 3.8) is 0 Å². The summed E-state index contributed by atoms with van der Waals surface area (Å²) < 4.78 is 82.6. The Hall–Kier alpha value is -4.51. The number of alkyl halides is 6. The van der Waals surface area contributed by atoms with Crippen LogP contribution in [0, 0.1) is 0 Å². The van der Waals surface area contributed by atoms with Gasteiger partial charge in [0.05, 0.1) is 28.9 Å². The highest BCUT2D eigenvalue weighted by atomic mass is 19.4. The molecule has 0 aliphatic heterocycles. The van der Waals surface area contributed by atoms with Crippen molar-refractivity contribution in [1.82, 2.24) is 19.9 Å². The fourth-order valence-electron chi connectivity index (χ4n) is 5.26. The molecular formula is C34H31F6N5. The minimum absolute atomic E-state index is 0.0112. The van der Waals surface area contributed by atoms with E-state index in [1.165, 1.54) is 30.5 Å². The summed E-state index contributed by atoms with van der Waals surface area (Å²) in [7, 11) is 1.91. The van der Waals surface area contributed by atoms with E-state index in [9.17, 15) is 26.3 Å². The molecule has 0 bridgehead atoms. The first kappa shape index (κ1) is 31.9. The number of nitrogens with one attached hydrogen (secondary N) is 1. The number of anilines is 1. The number of allylic oxidation sites excluding steroid dienone is 5. The summed E-state index contributed by atoms with van der Waals surface area (Å²) in [6, 6.07) is 16.7. The molecule has 5 nitrogen and oxygen atoms in total. The molecule has 0 spiro atoms. The molecule has 0 amide bonds. The van der Waals surface area contributed by atoms with Crippen molar-refractivity contribution in [2.45, 2.75) is 51.6 Å². The number of halogens is 6. The first-order chi connectivity index (χ1) is 21.3. The molecule has 4 aromatic rings. The summed E-state index contributed by atoms with van der Waals surface area (Å²) in [5, 5.41) is 3.65. The van der Waals surface area contributed by atoms with Crippen LogP contribution < -0.4 is 5.32 Å². The van der Waals surface area contributed by atoms with Gasteiger partial charge in [-0.1, -0.05) is 55.0 Å². The highest BCUT2D eigenvalue weighted by Crippen LogP contribution is 2.38. The van der Waals surface area contributed by atoms with Crippen molar-refractivity contribution in [3.05, 3.63) is 119 Å². The highest BCUT2D eigenvalue weighted by molar-refractivity contribution is 5.93. The van der Waals surface area contributed by atoms with Crippen molar-refractivity contribution in [1.29, 1.82) is 0 Å². The number of benzene rings is 2. The Morgan fingerprint density at radius 2 is 1.67 bits per heavy atom. The summed E-state index contributed by atoms with van der Waals surface area (Å²) in [5.41, 5.74) is 0.544. The van der Waals surface area contributed by atoms with Gasteiger partial charge in [0.15, 0.2) is 0 Å². The van der Waals surface area contributed by atoms with Gasteiger partial charge in [-0.15, -0.1) is 0 Å². The van der Waals surface area contributed by atoms with Crippen LogP contribution in [0.15, 0.2) is 102 Å². The van der Waals surface area contributed by atoms with E-state index >= 15 is 0 Å². The molecule has 2 aromatic heterocycles. The van der Waals surface area contributed by atoms with Crippen molar-refractivity contribution in [2.24, 2.45) is 0 Å². The molecule has 234 valence electrons. The molecule has 1 aliphatic rings. The number of rotatable bonds is 8. The van der Waals surface area contributed by atoms with Gasteiger partial charge < -0.3 is 5.32 Å². The lowest BCUT2D eigenvalue weighted by molar-refractivity contribution is -0.137. The zero-order valence-corrected chi connectivity index (χ0v) is 24.8. The van der Waals surface area contributed by atoms with Gasteiger partial charge in [-0.05, 0) is 68.8 Å². The maximum Gasteiger partial charge on any atom is 0.418 e. The summed E-state index contributed by atoms with van der Waals surface area (Å²) in [5.74, 6) is 0.704.